The first-order valence-electron chi connectivity index (χ1n) is 5.51. The van der Waals surface area contributed by atoms with Crippen molar-refractivity contribution in [2.24, 2.45) is 0 Å². The van der Waals surface area contributed by atoms with Gasteiger partial charge in [-0.1, -0.05) is 19.9 Å². The van der Waals surface area contributed by atoms with Crippen molar-refractivity contribution in [3.63, 3.8) is 0 Å². The molecule has 1 rings (SSSR count). The smallest absolute Gasteiger partial charge is 0.165 e. The van der Waals surface area contributed by atoms with Gasteiger partial charge in [0.2, 0.25) is 0 Å². The van der Waals surface area contributed by atoms with Gasteiger partial charge in [-0.15, -0.1) is 0 Å². The summed E-state index contributed by atoms with van der Waals surface area (Å²) in [6.45, 7) is 3.77. The molecule has 0 heterocycles. The number of hydrogen-bond donors (Lipinski definition) is 1. The van der Waals surface area contributed by atoms with Crippen LogP contribution in [-0.4, -0.2) is 18.0 Å². The number of carbonyl (C=O) groups is 1. The number of aliphatic hydroxyl groups excluding tert-OH is 1. The van der Waals surface area contributed by atoms with Gasteiger partial charge in [-0.2, -0.15) is 0 Å². The number of hydrogen-bond acceptors (Lipinski definition) is 3. The summed E-state index contributed by atoms with van der Waals surface area (Å²) in [5.74, 6) is 0.373. The van der Waals surface area contributed by atoms with Gasteiger partial charge in [0.1, 0.15) is 11.9 Å². The highest BCUT2D eigenvalue weighted by Gasteiger charge is 2.19. The van der Waals surface area contributed by atoms with Crippen molar-refractivity contribution in [2.75, 3.05) is 7.11 Å². The first-order valence-corrected chi connectivity index (χ1v) is 5.51. The summed E-state index contributed by atoms with van der Waals surface area (Å²) in [5.41, 5.74) is 1.65. The van der Waals surface area contributed by atoms with Gasteiger partial charge < -0.3 is 9.84 Å². The Hall–Kier alpha value is -1.35. The van der Waals surface area contributed by atoms with Gasteiger partial charge in [-0.3, -0.25) is 4.79 Å². The van der Waals surface area contributed by atoms with Gasteiger partial charge in [0.05, 0.1) is 7.11 Å². The lowest BCUT2D eigenvalue weighted by Gasteiger charge is -2.14. The van der Waals surface area contributed by atoms with E-state index < -0.39 is 6.10 Å². The molecule has 1 aromatic rings. The molecule has 0 spiro atoms. The summed E-state index contributed by atoms with van der Waals surface area (Å²) in [5, 5.41) is 9.89. The Morgan fingerprint density at radius 1 is 1.44 bits per heavy atom. The van der Waals surface area contributed by atoms with Crippen molar-refractivity contribution in [1.29, 1.82) is 0 Å². The Bertz CT molecular complexity index is 371. The SMILES string of the molecule is CCC(=O)C(O)c1cc(CC)ccc1OC. The molecule has 0 bridgehead atoms. The van der Waals surface area contributed by atoms with Crippen molar-refractivity contribution < 1.29 is 14.6 Å². The van der Waals surface area contributed by atoms with E-state index in [0.29, 0.717) is 17.7 Å². The molecule has 3 nitrogen and oxygen atoms in total. The lowest BCUT2D eigenvalue weighted by Crippen LogP contribution is -2.12. The fourth-order valence-corrected chi connectivity index (χ4v) is 1.58. The minimum atomic E-state index is -1.08. The number of aryl methyl sites for hydroxylation is 1. The molecule has 0 aliphatic heterocycles. The van der Waals surface area contributed by atoms with Crippen molar-refractivity contribution >= 4 is 5.78 Å². The molecule has 1 aromatic carbocycles. The molecule has 0 amide bonds. The highest BCUT2D eigenvalue weighted by Crippen LogP contribution is 2.27. The van der Waals surface area contributed by atoms with Crippen LogP contribution in [0.3, 0.4) is 0 Å². The first kappa shape index (κ1) is 12.7. The average Bonchev–Trinajstić information content (AvgIpc) is 2.35. The molecule has 1 unspecified atom stereocenters. The Balaban J connectivity index is 3.12. The molecule has 1 N–H and O–H groups in total. The van der Waals surface area contributed by atoms with Crippen LogP contribution in [0.1, 0.15) is 37.5 Å². The molecule has 16 heavy (non-hydrogen) atoms. The zero-order chi connectivity index (χ0) is 12.1. The maximum absolute atomic E-state index is 11.5. The average molecular weight is 222 g/mol. The molecule has 88 valence electrons. The standard InChI is InChI=1S/C13H18O3/c1-4-9-6-7-12(16-3)10(8-9)13(15)11(14)5-2/h6-8,13,15H,4-5H2,1-3H3. The summed E-state index contributed by atoms with van der Waals surface area (Å²) >= 11 is 0. The molecule has 0 radical (unpaired) electrons. The second kappa shape index (κ2) is 5.66. The Morgan fingerprint density at radius 2 is 2.12 bits per heavy atom. The van der Waals surface area contributed by atoms with E-state index in [1.54, 1.807) is 13.0 Å². The first-order chi connectivity index (χ1) is 7.63. The van der Waals surface area contributed by atoms with Crippen LogP contribution in [0.25, 0.3) is 0 Å². The van der Waals surface area contributed by atoms with Gasteiger partial charge in [0.25, 0.3) is 0 Å². The summed E-state index contributed by atoms with van der Waals surface area (Å²) in [7, 11) is 1.54. The minimum absolute atomic E-state index is 0.188. The van der Waals surface area contributed by atoms with Crippen LogP contribution < -0.4 is 4.74 Å². The van der Waals surface area contributed by atoms with Gasteiger partial charge >= 0.3 is 0 Å². The number of aliphatic hydroxyl groups is 1. The van der Waals surface area contributed by atoms with E-state index >= 15 is 0 Å². The normalized spacial score (nSPS) is 12.2. The van der Waals surface area contributed by atoms with Crippen molar-refractivity contribution in [3.8, 4) is 5.75 Å². The molecule has 0 saturated carbocycles. The van der Waals surface area contributed by atoms with Crippen LogP contribution >= 0.6 is 0 Å². The molecule has 3 heteroatoms. The Labute approximate surface area is 96.1 Å². The second-order valence-corrected chi connectivity index (χ2v) is 3.65. The lowest BCUT2D eigenvalue weighted by molar-refractivity contribution is -0.127. The van der Waals surface area contributed by atoms with Crippen LogP contribution in [0, 0.1) is 0 Å². The molecular formula is C13H18O3. The van der Waals surface area contributed by atoms with E-state index in [0.717, 1.165) is 12.0 Å². The summed E-state index contributed by atoms with van der Waals surface area (Å²) in [6, 6.07) is 5.56. The third-order valence-electron chi connectivity index (χ3n) is 2.65. The second-order valence-electron chi connectivity index (χ2n) is 3.65. The quantitative estimate of drug-likeness (QED) is 0.831. The predicted octanol–water partition coefficient (Wildman–Crippen LogP) is 2.27. The zero-order valence-corrected chi connectivity index (χ0v) is 9.99. The van der Waals surface area contributed by atoms with Gasteiger partial charge in [-0.05, 0) is 24.1 Å². The van der Waals surface area contributed by atoms with E-state index in [9.17, 15) is 9.90 Å². The molecule has 0 saturated heterocycles. The number of benzene rings is 1. The third kappa shape index (κ3) is 2.61. The summed E-state index contributed by atoms with van der Waals surface area (Å²) in [4.78, 5) is 11.5. The number of carbonyl (C=O) groups excluding carboxylic acids is 1. The fraction of sp³-hybridized carbons (Fsp3) is 0.462. The van der Waals surface area contributed by atoms with Crippen LogP contribution in [-0.2, 0) is 11.2 Å². The number of ether oxygens (including phenoxy) is 1. The minimum Gasteiger partial charge on any atom is -0.496 e. The van der Waals surface area contributed by atoms with Gasteiger partial charge in [-0.25, -0.2) is 0 Å². The Morgan fingerprint density at radius 3 is 2.62 bits per heavy atom. The van der Waals surface area contributed by atoms with E-state index in [-0.39, 0.29) is 5.78 Å². The largest absolute Gasteiger partial charge is 0.496 e. The summed E-state index contributed by atoms with van der Waals surface area (Å²) < 4.78 is 5.15. The monoisotopic (exact) mass is 222 g/mol. The third-order valence-corrected chi connectivity index (χ3v) is 2.65. The molecular weight excluding hydrogens is 204 g/mol. The van der Waals surface area contributed by atoms with Gasteiger partial charge in [0.15, 0.2) is 5.78 Å². The highest BCUT2D eigenvalue weighted by atomic mass is 16.5. The van der Waals surface area contributed by atoms with E-state index in [2.05, 4.69) is 0 Å². The number of rotatable bonds is 5. The van der Waals surface area contributed by atoms with E-state index in [1.165, 1.54) is 7.11 Å². The van der Waals surface area contributed by atoms with Crippen LogP contribution in [0.5, 0.6) is 5.75 Å². The van der Waals surface area contributed by atoms with Crippen molar-refractivity contribution in [1.82, 2.24) is 0 Å². The number of ketones is 1. The molecule has 1 atom stereocenters. The van der Waals surface area contributed by atoms with Gasteiger partial charge in [0, 0.05) is 12.0 Å². The zero-order valence-electron chi connectivity index (χ0n) is 9.99. The topological polar surface area (TPSA) is 46.5 Å². The predicted molar refractivity (Wildman–Crippen MR) is 62.6 cm³/mol. The summed E-state index contributed by atoms with van der Waals surface area (Å²) in [6.07, 6.45) is 0.108. The molecule has 0 fully saturated rings. The lowest BCUT2D eigenvalue weighted by atomic mass is 9.99. The van der Waals surface area contributed by atoms with E-state index in [4.69, 9.17) is 4.74 Å². The fourth-order valence-electron chi connectivity index (χ4n) is 1.58. The molecule has 0 aromatic heterocycles. The molecule has 0 aliphatic rings. The van der Waals surface area contributed by atoms with Crippen molar-refractivity contribution in [2.45, 2.75) is 32.8 Å². The molecule has 0 aliphatic carbocycles. The Kier molecular flexibility index (Phi) is 4.50. The maximum atomic E-state index is 11.5. The van der Waals surface area contributed by atoms with Crippen molar-refractivity contribution in [3.05, 3.63) is 29.3 Å². The highest BCUT2D eigenvalue weighted by molar-refractivity contribution is 5.84. The van der Waals surface area contributed by atoms with Crippen LogP contribution in [0.2, 0.25) is 0 Å². The number of Topliss-reactive ketones (excluding diaryl/α,β-unsaturated/α-hetero) is 1. The number of methoxy groups -OCH3 is 1. The van der Waals surface area contributed by atoms with Crippen LogP contribution in [0.15, 0.2) is 18.2 Å². The maximum Gasteiger partial charge on any atom is 0.165 e. The van der Waals surface area contributed by atoms with E-state index in [1.807, 2.05) is 19.1 Å². The van der Waals surface area contributed by atoms with Crippen LogP contribution in [0.4, 0.5) is 0 Å².